The van der Waals surface area contributed by atoms with Crippen LogP contribution in [0.15, 0.2) is 18.2 Å². The smallest absolute Gasteiger partial charge is 0.134 e. The summed E-state index contributed by atoms with van der Waals surface area (Å²) in [7, 11) is 0. The zero-order valence-corrected chi connectivity index (χ0v) is 17.7. The maximum atomic E-state index is 9.71. The summed E-state index contributed by atoms with van der Waals surface area (Å²) >= 11 is 6.14. The number of nitrogens with zero attached hydrogens (tertiary/aromatic N) is 2. The summed E-state index contributed by atoms with van der Waals surface area (Å²) in [5.41, 5.74) is 1.17. The zero-order valence-electron chi connectivity index (χ0n) is 17.0. The lowest BCUT2D eigenvalue weighted by atomic mass is 9.94. The summed E-state index contributed by atoms with van der Waals surface area (Å²) < 4.78 is 5.92. The molecule has 0 bridgehead atoms. The second kappa shape index (κ2) is 9.80. The minimum atomic E-state index is 0.162. The van der Waals surface area contributed by atoms with E-state index in [1.54, 1.807) is 6.07 Å². The van der Waals surface area contributed by atoms with Crippen molar-refractivity contribution in [1.29, 1.82) is 0 Å². The molecular weight excluding hydrogens is 372 g/mol. The number of aromatic hydroxyl groups is 1. The summed E-state index contributed by atoms with van der Waals surface area (Å²) in [6.45, 7) is 6.46. The van der Waals surface area contributed by atoms with Gasteiger partial charge in [-0.05, 0) is 75.2 Å². The maximum absolute atomic E-state index is 9.71. The average Bonchev–Trinajstić information content (AvgIpc) is 3.39. The van der Waals surface area contributed by atoms with Crippen molar-refractivity contribution in [3.63, 3.8) is 0 Å². The Hall–Kier alpha value is -0.810. The lowest BCUT2D eigenvalue weighted by molar-refractivity contribution is 0.0540. The number of phenols is 1. The molecule has 1 aromatic rings. The molecule has 0 aromatic heterocycles. The summed E-state index contributed by atoms with van der Waals surface area (Å²) in [5, 5.41) is 10.2. The molecule has 2 aliphatic heterocycles. The Morgan fingerprint density at radius 2 is 1.82 bits per heavy atom. The molecule has 156 valence electrons. The molecule has 3 aliphatic rings. The lowest BCUT2D eigenvalue weighted by Gasteiger charge is -2.38. The molecule has 0 spiro atoms. The molecule has 2 heterocycles. The van der Waals surface area contributed by atoms with Gasteiger partial charge in [0, 0.05) is 32.3 Å². The van der Waals surface area contributed by atoms with Crippen LogP contribution in [-0.4, -0.2) is 59.8 Å². The number of phenolic OH excluding ortho intramolecular Hbond substituents is 1. The Balaban J connectivity index is 1.34. The van der Waals surface area contributed by atoms with Gasteiger partial charge in [-0.15, -0.1) is 0 Å². The van der Waals surface area contributed by atoms with Crippen LogP contribution >= 0.6 is 11.6 Å². The Kier molecular flexibility index (Phi) is 7.16. The van der Waals surface area contributed by atoms with Gasteiger partial charge in [-0.1, -0.05) is 30.5 Å². The fourth-order valence-corrected chi connectivity index (χ4v) is 5.53. The third-order valence-electron chi connectivity index (χ3n) is 6.91. The third-order valence-corrected chi connectivity index (χ3v) is 7.21. The zero-order chi connectivity index (χ0) is 19.3. The Morgan fingerprint density at radius 1 is 1.04 bits per heavy atom. The molecule has 3 fully saturated rings. The maximum Gasteiger partial charge on any atom is 0.134 e. The van der Waals surface area contributed by atoms with Crippen LogP contribution in [0.25, 0.3) is 0 Å². The van der Waals surface area contributed by atoms with Crippen molar-refractivity contribution in [1.82, 2.24) is 9.80 Å². The fourth-order valence-electron chi connectivity index (χ4n) is 5.32. The van der Waals surface area contributed by atoms with Crippen LogP contribution in [-0.2, 0) is 11.3 Å². The van der Waals surface area contributed by atoms with Crippen molar-refractivity contribution < 1.29 is 9.84 Å². The van der Waals surface area contributed by atoms with Gasteiger partial charge in [0.1, 0.15) is 5.75 Å². The quantitative estimate of drug-likeness (QED) is 0.713. The van der Waals surface area contributed by atoms with Crippen molar-refractivity contribution in [2.75, 3.05) is 32.8 Å². The van der Waals surface area contributed by atoms with Crippen LogP contribution < -0.4 is 0 Å². The normalized spacial score (nSPS) is 25.1. The van der Waals surface area contributed by atoms with E-state index < -0.39 is 0 Å². The summed E-state index contributed by atoms with van der Waals surface area (Å²) in [6, 6.07) is 6.47. The van der Waals surface area contributed by atoms with Crippen molar-refractivity contribution in [3.05, 3.63) is 28.8 Å². The molecule has 1 N–H and O–H groups in total. The van der Waals surface area contributed by atoms with Gasteiger partial charge >= 0.3 is 0 Å². The molecule has 1 unspecified atom stereocenters. The van der Waals surface area contributed by atoms with Crippen molar-refractivity contribution >= 4 is 11.6 Å². The van der Waals surface area contributed by atoms with E-state index in [0.717, 1.165) is 38.2 Å². The Bertz CT molecular complexity index is 621. The highest BCUT2D eigenvalue weighted by molar-refractivity contribution is 6.32. The minimum absolute atomic E-state index is 0.162. The first-order valence-corrected chi connectivity index (χ1v) is 11.6. The van der Waals surface area contributed by atoms with Crippen molar-refractivity contribution in [2.24, 2.45) is 5.92 Å². The monoisotopic (exact) mass is 406 g/mol. The van der Waals surface area contributed by atoms with Gasteiger partial charge in [0.05, 0.1) is 11.1 Å². The molecule has 1 atom stereocenters. The number of ether oxygens (including phenoxy) is 1. The van der Waals surface area contributed by atoms with E-state index in [-0.39, 0.29) is 5.75 Å². The highest BCUT2D eigenvalue weighted by Gasteiger charge is 2.29. The van der Waals surface area contributed by atoms with Crippen molar-refractivity contribution in [3.8, 4) is 5.75 Å². The van der Waals surface area contributed by atoms with Gasteiger partial charge in [-0.25, -0.2) is 0 Å². The molecule has 0 amide bonds. The van der Waals surface area contributed by atoms with Crippen LogP contribution in [0.2, 0.25) is 5.02 Å². The summed E-state index contributed by atoms with van der Waals surface area (Å²) in [5.74, 6) is 0.932. The van der Waals surface area contributed by atoms with Gasteiger partial charge in [-0.3, -0.25) is 4.90 Å². The summed E-state index contributed by atoms with van der Waals surface area (Å²) in [6.07, 6.45) is 11.0. The molecule has 2 saturated heterocycles. The highest BCUT2D eigenvalue weighted by atomic mass is 35.5. The van der Waals surface area contributed by atoms with Crippen LogP contribution in [0.1, 0.15) is 56.9 Å². The molecule has 1 aliphatic carbocycles. The molecule has 0 radical (unpaired) electrons. The van der Waals surface area contributed by atoms with E-state index >= 15 is 0 Å². The number of benzene rings is 1. The molecule has 28 heavy (non-hydrogen) atoms. The molecule has 1 saturated carbocycles. The number of likely N-dealkylation sites (tertiary alicyclic amines) is 1. The van der Waals surface area contributed by atoms with Crippen molar-refractivity contribution in [2.45, 2.75) is 70.1 Å². The molecule has 1 aromatic carbocycles. The molecule has 4 rings (SSSR count). The van der Waals surface area contributed by atoms with E-state index in [9.17, 15) is 5.11 Å². The van der Waals surface area contributed by atoms with E-state index in [1.165, 1.54) is 70.0 Å². The predicted molar refractivity (Wildman–Crippen MR) is 114 cm³/mol. The van der Waals surface area contributed by atoms with Gasteiger partial charge < -0.3 is 14.7 Å². The first kappa shape index (κ1) is 20.5. The van der Waals surface area contributed by atoms with Gasteiger partial charge in [-0.2, -0.15) is 0 Å². The first-order chi connectivity index (χ1) is 13.7. The molecule has 4 nitrogen and oxygen atoms in total. The van der Waals surface area contributed by atoms with Crippen LogP contribution in [0.5, 0.6) is 5.75 Å². The van der Waals surface area contributed by atoms with Crippen LogP contribution in [0, 0.1) is 5.92 Å². The topological polar surface area (TPSA) is 35.9 Å². The predicted octanol–water partition coefficient (Wildman–Crippen LogP) is 4.68. The second-order valence-electron chi connectivity index (χ2n) is 9.03. The van der Waals surface area contributed by atoms with Crippen LogP contribution in [0.4, 0.5) is 0 Å². The first-order valence-electron chi connectivity index (χ1n) is 11.2. The van der Waals surface area contributed by atoms with Crippen LogP contribution in [0.3, 0.4) is 0 Å². The Labute approximate surface area is 174 Å². The number of rotatable bonds is 7. The number of halogens is 1. The number of hydrogen-bond acceptors (Lipinski definition) is 4. The standard InChI is InChI=1S/C23H35ClN2O2/c24-22-14-19(7-8-23(22)27)16-25(17-21-6-3-13-28-21)15-18-9-11-26(12-10-18)20-4-1-2-5-20/h7-8,14,18,20-21,27H,1-6,9-13,15-17H2. The minimum Gasteiger partial charge on any atom is -0.506 e. The largest absolute Gasteiger partial charge is 0.506 e. The average molecular weight is 407 g/mol. The highest BCUT2D eigenvalue weighted by Crippen LogP contribution is 2.29. The Morgan fingerprint density at radius 3 is 2.50 bits per heavy atom. The van der Waals surface area contributed by atoms with E-state index in [1.807, 2.05) is 12.1 Å². The molecule has 5 heteroatoms. The van der Waals surface area contributed by atoms with E-state index in [2.05, 4.69) is 9.80 Å². The van der Waals surface area contributed by atoms with E-state index in [0.29, 0.717) is 11.1 Å². The van der Waals surface area contributed by atoms with Gasteiger partial charge in [0.15, 0.2) is 0 Å². The van der Waals surface area contributed by atoms with E-state index in [4.69, 9.17) is 16.3 Å². The number of hydrogen-bond donors (Lipinski definition) is 1. The fraction of sp³-hybridized carbons (Fsp3) is 0.739. The third kappa shape index (κ3) is 5.41. The SMILES string of the molecule is Oc1ccc(CN(CC2CCN(C3CCCC3)CC2)CC2CCCO2)cc1Cl. The molecular formula is C23H35ClN2O2. The summed E-state index contributed by atoms with van der Waals surface area (Å²) in [4.78, 5) is 5.32. The number of piperidine rings is 1. The second-order valence-corrected chi connectivity index (χ2v) is 9.44. The van der Waals surface area contributed by atoms with Gasteiger partial charge in [0.2, 0.25) is 0 Å². The van der Waals surface area contributed by atoms with Gasteiger partial charge in [0.25, 0.3) is 0 Å². The lowest BCUT2D eigenvalue weighted by Crippen LogP contribution is -2.43.